The van der Waals surface area contributed by atoms with Gasteiger partial charge in [0.2, 0.25) is 5.91 Å². The molecular formula is C26H32Cl2N2O4. The Hall–Kier alpha value is -2.57. The van der Waals surface area contributed by atoms with Crippen molar-refractivity contribution in [2.45, 2.75) is 65.2 Å². The molecule has 6 nitrogen and oxygen atoms in total. The molecule has 1 amide bonds. The fourth-order valence-corrected chi connectivity index (χ4v) is 3.73. The van der Waals surface area contributed by atoms with Crippen LogP contribution in [0.5, 0.6) is 11.5 Å². The standard InChI is InChI=1S/C26H32Cl2N2O4/c1-3-5-6-7-8-9-10-11-25(31)30-29-18-19-12-15-23(24(16-19)33-4-2)34-26(32)21-14-13-20(27)17-22(21)28/h12-18H,3-11H2,1-2H3,(H,30,31). The average Bonchev–Trinajstić information content (AvgIpc) is 2.80. The maximum Gasteiger partial charge on any atom is 0.345 e. The number of benzene rings is 2. The fraction of sp³-hybridized carbons (Fsp3) is 0.423. The molecule has 0 aromatic heterocycles. The van der Waals surface area contributed by atoms with Crippen LogP contribution in [0.1, 0.15) is 81.1 Å². The number of esters is 1. The Morgan fingerprint density at radius 3 is 2.38 bits per heavy atom. The number of carbonyl (C=O) groups excluding carboxylic acids is 2. The molecule has 0 fully saturated rings. The zero-order valence-corrected chi connectivity index (χ0v) is 21.3. The first-order valence-electron chi connectivity index (χ1n) is 11.7. The number of amides is 1. The van der Waals surface area contributed by atoms with Crippen LogP contribution < -0.4 is 14.9 Å². The van der Waals surface area contributed by atoms with E-state index in [2.05, 4.69) is 17.5 Å². The van der Waals surface area contributed by atoms with Crippen molar-refractivity contribution < 1.29 is 19.1 Å². The van der Waals surface area contributed by atoms with Crippen molar-refractivity contribution in [1.29, 1.82) is 0 Å². The summed E-state index contributed by atoms with van der Waals surface area (Å²) in [5, 5.41) is 4.65. The molecule has 184 valence electrons. The van der Waals surface area contributed by atoms with Crippen molar-refractivity contribution >= 4 is 41.3 Å². The van der Waals surface area contributed by atoms with Crippen molar-refractivity contribution in [3.63, 3.8) is 0 Å². The maximum absolute atomic E-state index is 12.5. The Morgan fingerprint density at radius 2 is 1.68 bits per heavy atom. The molecule has 1 N–H and O–H groups in total. The topological polar surface area (TPSA) is 77.0 Å². The second-order valence-corrected chi connectivity index (χ2v) is 8.66. The summed E-state index contributed by atoms with van der Waals surface area (Å²) in [5.41, 5.74) is 3.43. The molecule has 0 aliphatic carbocycles. The van der Waals surface area contributed by atoms with E-state index in [1.165, 1.54) is 44.0 Å². The number of hydrogen-bond acceptors (Lipinski definition) is 5. The Balaban J connectivity index is 1.89. The van der Waals surface area contributed by atoms with Crippen LogP contribution >= 0.6 is 23.2 Å². The van der Waals surface area contributed by atoms with E-state index in [0.717, 1.165) is 19.3 Å². The summed E-state index contributed by atoms with van der Waals surface area (Å²) in [6.07, 6.45) is 10.1. The highest BCUT2D eigenvalue weighted by molar-refractivity contribution is 6.36. The Morgan fingerprint density at radius 1 is 0.941 bits per heavy atom. The molecule has 0 bridgehead atoms. The van der Waals surface area contributed by atoms with E-state index in [0.29, 0.717) is 29.4 Å². The lowest BCUT2D eigenvalue weighted by Gasteiger charge is -2.12. The number of nitrogens with one attached hydrogen (secondary N) is 1. The second-order valence-electron chi connectivity index (χ2n) is 7.82. The number of rotatable bonds is 14. The molecule has 0 unspecified atom stereocenters. The number of unbranched alkanes of at least 4 members (excludes halogenated alkanes) is 6. The van der Waals surface area contributed by atoms with Crippen molar-refractivity contribution in [3.05, 3.63) is 57.6 Å². The molecule has 8 heteroatoms. The molecule has 0 radical (unpaired) electrons. The number of halogens is 2. The molecule has 0 saturated carbocycles. The lowest BCUT2D eigenvalue weighted by atomic mass is 10.1. The average molecular weight is 507 g/mol. The summed E-state index contributed by atoms with van der Waals surface area (Å²) in [4.78, 5) is 24.5. The molecule has 34 heavy (non-hydrogen) atoms. The molecule has 0 aliphatic rings. The zero-order chi connectivity index (χ0) is 24.8. The van der Waals surface area contributed by atoms with Crippen LogP contribution in [0.3, 0.4) is 0 Å². The van der Waals surface area contributed by atoms with E-state index < -0.39 is 5.97 Å². The predicted molar refractivity (Wildman–Crippen MR) is 137 cm³/mol. The molecule has 2 aromatic rings. The molecule has 0 spiro atoms. The van der Waals surface area contributed by atoms with E-state index in [9.17, 15) is 9.59 Å². The minimum Gasteiger partial charge on any atom is -0.490 e. The van der Waals surface area contributed by atoms with Crippen molar-refractivity contribution in [2.24, 2.45) is 5.10 Å². The van der Waals surface area contributed by atoms with Gasteiger partial charge in [0.1, 0.15) is 0 Å². The van der Waals surface area contributed by atoms with Crippen LogP contribution in [0.2, 0.25) is 10.0 Å². The molecule has 0 saturated heterocycles. The van der Waals surface area contributed by atoms with Crippen molar-refractivity contribution in [1.82, 2.24) is 5.43 Å². The first-order valence-corrected chi connectivity index (χ1v) is 12.5. The van der Waals surface area contributed by atoms with Crippen LogP contribution in [0.15, 0.2) is 41.5 Å². The number of carbonyl (C=O) groups is 2. The summed E-state index contributed by atoms with van der Waals surface area (Å²) in [6, 6.07) is 9.54. The third-order valence-electron chi connectivity index (χ3n) is 5.03. The molecular weight excluding hydrogens is 475 g/mol. The molecule has 0 aliphatic heterocycles. The predicted octanol–water partition coefficient (Wildman–Crippen LogP) is 7.20. The van der Waals surface area contributed by atoms with Gasteiger partial charge in [0, 0.05) is 11.4 Å². The zero-order valence-electron chi connectivity index (χ0n) is 19.7. The van der Waals surface area contributed by atoms with E-state index in [1.807, 2.05) is 6.92 Å². The van der Waals surface area contributed by atoms with Gasteiger partial charge in [-0.25, -0.2) is 10.2 Å². The van der Waals surface area contributed by atoms with Gasteiger partial charge >= 0.3 is 5.97 Å². The van der Waals surface area contributed by atoms with Gasteiger partial charge in [-0.05, 0) is 55.3 Å². The molecule has 2 rings (SSSR count). The van der Waals surface area contributed by atoms with Crippen molar-refractivity contribution in [3.8, 4) is 11.5 Å². The van der Waals surface area contributed by atoms with Gasteiger partial charge in [-0.15, -0.1) is 0 Å². The first kappa shape index (κ1) is 27.7. The summed E-state index contributed by atoms with van der Waals surface area (Å²) in [7, 11) is 0. The SMILES string of the molecule is CCCCCCCCCC(=O)NN=Cc1ccc(OC(=O)c2ccc(Cl)cc2Cl)c(OCC)c1. The highest BCUT2D eigenvalue weighted by Gasteiger charge is 2.16. The minimum atomic E-state index is -0.623. The van der Waals surface area contributed by atoms with Gasteiger partial charge in [-0.3, -0.25) is 4.79 Å². The summed E-state index contributed by atoms with van der Waals surface area (Å²) >= 11 is 12.0. The van der Waals surface area contributed by atoms with Gasteiger partial charge < -0.3 is 9.47 Å². The lowest BCUT2D eigenvalue weighted by Crippen LogP contribution is -2.16. The lowest BCUT2D eigenvalue weighted by molar-refractivity contribution is -0.121. The minimum absolute atomic E-state index is 0.111. The maximum atomic E-state index is 12.5. The van der Waals surface area contributed by atoms with Gasteiger partial charge in [-0.1, -0.05) is 68.7 Å². The Bertz CT molecular complexity index is 979. The van der Waals surface area contributed by atoms with E-state index in [4.69, 9.17) is 32.7 Å². The van der Waals surface area contributed by atoms with Crippen LogP contribution in [-0.2, 0) is 4.79 Å². The third kappa shape index (κ3) is 9.74. The second kappa shape index (κ2) is 15.4. The third-order valence-corrected chi connectivity index (χ3v) is 5.58. The fourth-order valence-electron chi connectivity index (χ4n) is 3.24. The number of hydrogen-bond donors (Lipinski definition) is 1. The smallest absolute Gasteiger partial charge is 0.345 e. The van der Waals surface area contributed by atoms with Gasteiger partial charge in [0.25, 0.3) is 0 Å². The quantitative estimate of drug-likeness (QED) is 0.0964. The normalized spacial score (nSPS) is 10.9. The summed E-state index contributed by atoms with van der Waals surface area (Å²) < 4.78 is 11.1. The highest BCUT2D eigenvalue weighted by atomic mass is 35.5. The van der Waals surface area contributed by atoms with Crippen LogP contribution in [0, 0.1) is 0 Å². The van der Waals surface area contributed by atoms with E-state index in [1.54, 1.807) is 24.3 Å². The number of ether oxygens (including phenoxy) is 2. The Labute approximate surface area is 211 Å². The van der Waals surface area contributed by atoms with Crippen LogP contribution in [-0.4, -0.2) is 24.7 Å². The van der Waals surface area contributed by atoms with E-state index >= 15 is 0 Å². The highest BCUT2D eigenvalue weighted by Crippen LogP contribution is 2.30. The van der Waals surface area contributed by atoms with Gasteiger partial charge in [0.15, 0.2) is 11.5 Å². The largest absolute Gasteiger partial charge is 0.490 e. The summed E-state index contributed by atoms with van der Waals surface area (Å²) in [5.74, 6) is -0.112. The first-order chi connectivity index (χ1) is 16.4. The van der Waals surface area contributed by atoms with Crippen LogP contribution in [0.4, 0.5) is 0 Å². The monoisotopic (exact) mass is 506 g/mol. The van der Waals surface area contributed by atoms with Gasteiger partial charge in [0.05, 0.1) is 23.4 Å². The van der Waals surface area contributed by atoms with Crippen LogP contribution in [0.25, 0.3) is 0 Å². The molecule has 0 atom stereocenters. The van der Waals surface area contributed by atoms with E-state index in [-0.39, 0.29) is 22.2 Å². The van der Waals surface area contributed by atoms with Gasteiger partial charge in [-0.2, -0.15) is 5.10 Å². The molecule has 0 heterocycles. The Kier molecular flexibility index (Phi) is 12.5. The number of nitrogens with zero attached hydrogens (tertiary/aromatic N) is 1. The molecule has 2 aromatic carbocycles. The summed E-state index contributed by atoms with van der Waals surface area (Å²) in [6.45, 7) is 4.40. The number of hydrazone groups is 1. The van der Waals surface area contributed by atoms with Crippen molar-refractivity contribution in [2.75, 3.05) is 6.61 Å².